The lowest BCUT2D eigenvalue weighted by Crippen LogP contribution is -1.95. The molecule has 0 spiro atoms. The monoisotopic (exact) mass is 511 g/mol. The van der Waals surface area contributed by atoms with E-state index in [0.717, 1.165) is 0 Å². The van der Waals surface area contributed by atoms with Gasteiger partial charge in [-0.15, -0.1) is 0 Å². The Morgan fingerprint density at radius 2 is 0.825 bits per heavy atom. The molecule has 0 saturated carbocycles. The normalized spacial score (nSPS) is 12.1. The summed E-state index contributed by atoms with van der Waals surface area (Å²) in [5.41, 5.74) is 9.78. The molecule has 0 aliphatic heterocycles. The van der Waals surface area contributed by atoms with Gasteiger partial charge in [-0.3, -0.25) is 0 Å². The minimum Gasteiger partial charge on any atom is -0.343 e. The van der Waals surface area contributed by atoms with Gasteiger partial charge in [0.05, 0.1) is 27.6 Å². The summed E-state index contributed by atoms with van der Waals surface area (Å²) in [6.07, 6.45) is 0. The zero-order valence-corrected chi connectivity index (χ0v) is 22.0. The molecule has 0 aliphatic rings. The Bertz CT molecular complexity index is 2420. The molecule has 6 aromatic carbocycles. The average molecular weight is 512 g/mol. The molecule has 9 aromatic rings. The molecule has 0 fully saturated rings. The number of fused-ring (bicyclic) bond motifs is 11. The first-order valence-corrected chi connectivity index (χ1v) is 13.8. The van der Waals surface area contributed by atoms with E-state index in [1.54, 1.807) is 0 Å². The molecule has 3 heterocycles. The van der Waals surface area contributed by atoms with Crippen LogP contribution >= 0.6 is 0 Å². The second-order valence-electron chi connectivity index (χ2n) is 10.6. The van der Waals surface area contributed by atoms with E-state index in [2.05, 4.69) is 154 Å². The summed E-state index contributed by atoms with van der Waals surface area (Å²) in [5.74, 6) is 0. The minimum absolute atomic E-state index is 1.17. The number of hydrogen-bond acceptors (Lipinski definition) is 0. The van der Waals surface area contributed by atoms with Crippen molar-refractivity contribution in [2.24, 2.45) is 7.05 Å². The molecule has 9 rings (SSSR count). The zero-order valence-electron chi connectivity index (χ0n) is 22.0. The number of aryl methyl sites for hydroxylation is 1. The van der Waals surface area contributed by atoms with Crippen LogP contribution in [0.4, 0.5) is 0 Å². The maximum absolute atomic E-state index is 2.46. The zero-order chi connectivity index (χ0) is 26.4. The van der Waals surface area contributed by atoms with Gasteiger partial charge in [0.25, 0.3) is 0 Å². The number of benzene rings is 6. The summed E-state index contributed by atoms with van der Waals surface area (Å²) in [7, 11) is 2.21. The molecule has 3 nitrogen and oxygen atoms in total. The van der Waals surface area contributed by atoms with Crippen molar-refractivity contribution < 1.29 is 0 Å². The van der Waals surface area contributed by atoms with E-state index in [0.29, 0.717) is 0 Å². The molecule has 3 heteroatoms. The van der Waals surface area contributed by atoms with Crippen LogP contribution in [-0.2, 0) is 7.05 Å². The summed E-state index contributed by atoms with van der Waals surface area (Å²) >= 11 is 0. The molecular weight excluding hydrogens is 486 g/mol. The lowest BCUT2D eigenvalue weighted by Gasteiger charge is -2.10. The van der Waals surface area contributed by atoms with E-state index < -0.39 is 0 Å². The first-order valence-electron chi connectivity index (χ1n) is 13.8. The number of rotatable bonds is 2. The van der Waals surface area contributed by atoms with Gasteiger partial charge < -0.3 is 13.7 Å². The largest absolute Gasteiger partial charge is 0.343 e. The molecule has 0 atom stereocenters. The van der Waals surface area contributed by atoms with Crippen LogP contribution in [-0.4, -0.2) is 13.7 Å². The van der Waals surface area contributed by atoms with Crippen LogP contribution in [0.1, 0.15) is 0 Å². The Kier molecular flexibility index (Phi) is 4.26. The van der Waals surface area contributed by atoms with Gasteiger partial charge in [0, 0.05) is 56.3 Å². The maximum atomic E-state index is 2.46. The molecular formula is C37H25N3. The van der Waals surface area contributed by atoms with Gasteiger partial charge in [-0.25, -0.2) is 0 Å². The van der Waals surface area contributed by atoms with Crippen LogP contribution in [0.5, 0.6) is 0 Å². The van der Waals surface area contributed by atoms with Crippen LogP contribution in [0.3, 0.4) is 0 Å². The predicted octanol–water partition coefficient (Wildman–Crippen LogP) is 9.53. The fraction of sp³-hybridized carbons (Fsp3) is 0.0270. The second kappa shape index (κ2) is 7.87. The molecule has 40 heavy (non-hydrogen) atoms. The lowest BCUT2D eigenvalue weighted by molar-refractivity contribution is 1.02. The highest BCUT2D eigenvalue weighted by Crippen LogP contribution is 2.45. The van der Waals surface area contributed by atoms with Crippen molar-refractivity contribution in [2.45, 2.75) is 0 Å². The molecule has 0 unspecified atom stereocenters. The van der Waals surface area contributed by atoms with Crippen LogP contribution < -0.4 is 0 Å². The van der Waals surface area contributed by atoms with Crippen LogP contribution in [0.2, 0.25) is 0 Å². The van der Waals surface area contributed by atoms with Gasteiger partial charge in [-0.2, -0.15) is 0 Å². The standard InChI is InChI=1S/C37H25N3/c1-38-30-18-10-8-16-26(30)28-20-22-32-34(36(28)38)35-33(39(32)24-12-4-2-5-13-24)23-21-29-27-17-9-11-19-31(27)40(37(29)35)25-14-6-3-7-15-25/h2-23H,1H3. The van der Waals surface area contributed by atoms with Gasteiger partial charge >= 0.3 is 0 Å². The molecule has 0 aliphatic carbocycles. The smallest absolute Gasteiger partial charge is 0.0642 e. The fourth-order valence-electron chi connectivity index (χ4n) is 7.00. The van der Waals surface area contributed by atoms with Gasteiger partial charge in [0.1, 0.15) is 0 Å². The summed E-state index contributed by atoms with van der Waals surface area (Å²) in [6.45, 7) is 0. The summed E-state index contributed by atoms with van der Waals surface area (Å²) in [6, 6.07) is 48.4. The van der Waals surface area contributed by atoms with Crippen molar-refractivity contribution in [2.75, 3.05) is 0 Å². The lowest BCUT2D eigenvalue weighted by atomic mass is 10.0. The van der Waals surface area contributed by atoms with Crippen molar-refractivity contribution in [1.29, 1.82) is 0 Å². The van der Waals surface area contributed by atoms with Crippen LogP contribution in [0, 0.1) is 0 Å². The van der Waals surface area contributed by atoms with Crippen LogP contribution in [0.25, 0.3) is 76.8 Å². The summed E-state index contributed by atoms with van der Waals surface area (Å²) < 4.78 is 7.29. The summed E-state index contributed by atoms with van der Waals surface area (Å²) in [4.78, 5) is 0. The van der Waals surface area contributed by atoms with E-state index in [4.69, 9.17) is 0 Å². The Labute approximate surface area is 230 Å². The van der Waals surface area contributed by atoms with E-state index in [9.17, 15) is 0 Å². The van der Waals surface area contributed by atoms with E-state index in [-0.39, 0.29) is 0 Å². The van der Waals surface area contributed by atoms with Gasteiger partial charge in [0.2, 0.25) is 0 Å². The SMILES string of the molecule is Cn1c2ccccc2c2ccc3c(c4c(ccc5c6ccccc6n(-c6ccccc6)c54)n3-c3ccccc3)c21. The maximum Gasteiger partial charge on any atom is 0.0642 e. The fourth-order valence-corrected chi connectivity index (χ4v) is 7.00. The topological polar surface area (TPSA) is 14.8 Å². The van der Waals surface area contributed by atoms with Crippen LogP contribution in [0.15, 0.2) is 133 Å². The third-order valence-corrected chi connectivity index (χ3v) is 8.62. The van der Waals surface area contributed by atoms with Crippen molar-refractivity contribution in [3.05, 3.63) is 133 Å². The second-order valence-corrected chi connectivity index (χ2v) is 10.6. The van der Waals surface area contributed by atoms with Gasteiger partial charge in [-0.1, -0.05) is 84.9 Å². The first-order chi connectivity index (χ1) is 19.8. The number of aromatic nitrogens is 3. The van der Waals surface area contributed by atoms with E-state index in [1.807, 2.05) is 0 Å². The molecule has 3 aromatic heterocycles. The van der Waals surface area contributed by atoms with Crippen molar-refractivity contribution in [3.8, 4) is 11.4 Å². The highest BCUT2D eigenvalue weighted by molar-refractivity contribution is 6.32. The predicted molar refractivity (Wildman–Crippen MR) is 169 cm³/mol. The van der Waals surface area contributed by atoms with Gasteiger partial charge in [0.15, 0.2) is 0 Å². The molecule has 0 bridgehead atoms. The third kappa shape index (κ3) is 2.69. The molecule has 188 valence electrons. The Morgan fingerprint density at radius 1 is 0.350 bits per heavy atom. The van der Waals surface area contributed by atoms with E-state index >= 15 is 0 Å². The number of nitrogens with zero attached hydrogens (tertiary/aromatic N) is 3. The Morgan fingerprint density at radius 3 is 1.48 bits per heavy atom. The third-order valence-electron chi connectivity index (χ3n) is 8.62. The Hall–Kier alpha value is -5.28. The quantitative estimate of drug-likeness (QED) is 0.219. The number of hydrogen-bond donors (Lipinski definition) is 0. The highest BCUT2D eigenvalue weighted by atomic mass is 15.0. The summed E-state index contributed by atoms with van der Waals surface area (Å²) in [5, 5.41) is 7.70. The van der Waals surface area contributed by atoms with Crippen molar-refractivity contribution >= 4 is 65.4 Å². The minimum atomic E-state index is 1.17. The molecule has 0 radical (unpaired) electrons. The number of para-hydroxylation sites is 4. The van der Waals surface area contributed by atoms with Crippen molar-refractivity contribution in [3.63, 3.8) is 0 Å². The average Bonchev–Trinajstić information content (AvgIpc) is 3.63. The molecule has 0 saturated heterocycles. The first kappa shape index (κ1) is 21.6. The molecule has 0 N–H and O–H groups in total. The van der Waals surface area contributed by atoms with E-state index in [1.165, 1.54) is 76.8 Å². The molecule has 0 amide bonds. The highest BCUT2D eigenvalue weighted by Gasteiger charge is 2.23. The van der Waals surface area contributed by atoms with Gasteiger partial charge in [-0.05, 0) is 48.5 Å². The van der Waals surface area contributed by atoms with Crippen molar-refractivity contribution in [1.82, 2.24) is 13.7 Å². The Balaban J connectivity index is 1.63.